The number of nitrogens with zero attached hydrogens (tertiary/aromatic N) is 2. The van der Waals surface area contributed by atoms with Crippen LogP contribution in [-0.4, -0.2) is 37.7 Å². The third-order valence-electron chi connectivity index (χ3n) is 3.73. The maximum Gasteiger partial charge on any atom is 0.191 e. The molecule has 0 unspecified atom stereocenters. The molecule has 1 heterocycles. The number of aryl methyl sites for hydroxylation is 2. The fourth-order valence-electron chi connectivity index (χ4n) is 2.29. The second kappa shape index (κ2) is 9.55. The van der Waals surface area contributed by atoms with E-state index in [0.717, 1.165) is 24.7 Å². The summed E-state index contributed by atoms with van der Waals surface area (Å²) in [6.07, 6.45) is 4.66. The molecule has 5 heteroatoms. The van der Waals surface area contributed by atoms with Crippen LogP contribution in [0.2, 0.25) is 0 Å². The Kier molecular flexibility index (Phi) is 7.08. The normalized spacial score (nSPS) is 11.2. The molecule has 128 valence electrons. The van der Waals surface area contributed by atoms with Gasteiger partial charge in [0.15, 0.2) is 5.96 Å². The van der Waals surface area contributed by atoms with E-state index in [1.807, 2.05) is 36.7 Å². The lowest BCUT2D eigenvalue weighted by molar-refractivity contribution is 0.322. The minimum atomic E-state index is 0.590. The van der Waals surface area contributed by atoms with Crippen LogP contribution in [0.5, 0.6) is 5.75 Å². The molecule has 0 radical (unpaired) electrons. The van der Waals surface area contributed by atoms with Gasteiger partial charge >= 0.3 is 0 Å². The van der Waals surface area contributed by atoms with Gasteiger partial charge in [0.25, 0.3) is 0 Å². The summed E-state index contributed by atoms with van der Waals surface area (Å²) >= 11 is 0. The van der Waals surface area contributed by atoms with Crippen molar-refractivity contribution in [2.24, 2.45) is 4.99 Å². The molecule has 5 nitrogen and oxygen atoms in total. The molecule has 0 aliphatic heterocycles. The zero-order chi connectivity index (χ0) is 17.2. The molecule has 0 spiro atoms. The predicted octanol–water partition coefficient (Wildman–Crippen LogP) is 2.48. The Hall–Kier alpha value is -2.56. The molecular formula is C19H26N4O. The van der Waals surface area contributed by atoms with Crippen molar-refractivity contribution in [3.8, 4) is 5.75 Å². The van der Waals surface area contributed by atoms with Crippen LogP contribution >= 0.6 is 0 Å². The van der Waals surface area contributed by atoms with Gasteiger partial charge in [-0.3, -0.25) is 9.98 Å². The molecular weight excluding hydrogens is 300 g/mol. The summed E-state index contributed by atoms with van der Waals surface area (Å²) in [5.41, 5.74) is 3.75. The molecule has 0 bridgehead atoms. The zero-order valence-electron chi connectivity index (χ0n) is 14.7. The molecule has 0 aliphatic carbocycles. The lowest BCUT2D eigenvalue weighted by atomic mass is 10.1. The molecule has 0 amide bonds. The highest BCUT2D eigenvalue weighted by molar-refractivity contribution is 5.79. The van der Waals surface area contributed by atoms with Crippen molar-refractivity contribution in [1.82, 2.24) is 15.6 Å². The topological polar surface area (TPSA) is 58.5 Å². The number of rotatable bonds is 7. The van der Waals surface area contributed by atoms with Crippen molar-refractivity contribution in [2.45, 2.75) is 20.3 Å². The predicted molar refractivity (Wildman–Crippen MR) is 98.7 cm³/mol. The second-order valence-corrected chi connectivity index (χ2v) is 5.64. The number of hydrogen-bond acceptors (Lipinski definition) is 3. The van der Waals surface area contributed by atoms with E-state index in [-0.39, 0.29) is 0 Å². The van der Waals surface area contributed by atoms with Gasteiger partial charge in [0.1, 0.15) is 12.4 Å². The third-order valence-corrected chi connectivity index (χ3v) is 3.73. The number of hydrogen-bond donors (Lipinski definition) is 2. The van der Waals surface area contributed by atoms with Crippen LogP contribution in [0, 0.1) is 13.8 Å². The summed E-state index contributed by atoms with van der Waals surface area (Å²) in [4.78, 5) is 8.34. The molecule has 2 rings (SSSR count). The average Bonchev–Trinajstić information content (AvgIpc) is 2.60. The first-order valence-corrected chi connectivity index (χ1v) is 8.22. The van der Waals surface area contributed by atoms with Crippen LogP contribution in [0.15, 0.2) is 47.7 Å². The summed E-state index contributed by atoms with van der Waals surface area (Å²) in [7, 11) is 1.77. The van der Waals surface area contributed by atoms with Crippen LogP contribution in [0.3, 0.4) is 0 Å². The summed E-state index contributed by atoms with van der Waals surface area (Å²) in [5.74, 6) is 1.67. The van der Waals surface area contributed by atoms with Crippen LogP contribution in [0.4, 0.5) is 0 Å². The van der Waals surface area contributed by atoms with Gasteiger partial charge < -0.3 is 15.4 Å². The third kappa shape index (κ3) is 5.91. The molecule has 1 aromatic heterocycles. The van der Waals surface area contributed by atoms with Crippen LogP contribution in [0.1, 0.15) is 16.7 Å². The van der Waals surface area contributed by atoms with Gasteiger partial charge in [-0.05, 0) is 49.6 Å². The Morgan fingerprint density at radius 2 is 1.83 bits per heavy atom. The van der Waals surface area contributed by atoms with Crippen molar-refractivity contribution in [3.63, 3.8) is 0 Å². The van der Waals surface area contributed by atoms with Crippen molar-refractivity contribution >= 4 is 5.96 Å². The van der Waals surface area contributed by atoms with E-state index in [2.05, 4.69) is 40.5 Å². The highest BCUT2D eigenvalue weighted by Crippen LogP contribution is 2.10. The zero-order valence-corrected chi connectivity index (χ0v) is 14.7. The Morgan fingerprint density at radius 3 is 2.54 bits per heavy atom. The first kappa shape index (κ1) is 17.8. The number of pyridine rings is 1. The maximum atomic E-state index is 5.69. The average molecular weight is 326 g/mol. The quantitative estimate of drug-likeness (QED) is 0.466. The van der Waals surface area contributed by atoms with Crippen LogP contribution in [-0.2, 0) is 6.42 Å². The minimum Gasteiger partial charge on any atom is -0.492 e. The van der Waals surface area contributed by atoms with E-state index < -0.39 is 0 Å². The number of aliphatic imine (C=N–C) groups is 1. The van der Waals surface area contributed by atoms with E-state index in [1.54, 1.807) is 7.05 Å². The smallest absolute Gasteiger partial charge is 0.191 e. The first-order valence-electron chi connectivity index (χ1n) is 8.22. The van der Waals surface area contributed by atoms with Crippen molar-refractivity contribution in [2.75, 3.05) is 26.7 Å². The van der Waals surface area contributed by atoms with Gasteiger partial charge in [-0.2, -0.15) is 0 Å². The standard InChI is InChI=1S/C19H26N4O/c1-15-4-6-18(7-5-15)24-13-12-23-19(20-3)22-11-9-17-8-10-21-14-16(17)2/h4-8,10,14H,9,11-13H2,1-3H3,(H2,20,22,23). The second-order valence-electron chi connectivity index (χ2n) is 5.64. The lowest BCUT2D eigenvalue weighted by Crippen LogP contribution is -2.40. The van der Waals surface area contributed by atoms with Crippen LogP contribution < -0.4 is 15.4 Å². The molecule has 1 aromatic carbocycles. The van der Waals surface area contributed by atoms with Gasteiger partial charge in [0.2, 0.25) is 0 Å². The number of ether oxygens (including phenoxy) is 1. The summed E-state index contributed by atoms with van der Waals surface area (Å²) < 4.78 is 5.69. The Morgan fingerprint density at radius 1 is 1.08 bits per heavy atom. The lowest BCUT2D eigenvalue weighted by Gasteiger charge is -2.13. The molecule has 24 heavy (non-hydrogen) atoms. The summed E-state index contributed by atoms with van der Waals surface area (Å²) in [6.45, 7) is 6.25. The van der Waals surface area contributed by atoms with E-state index in [1.165, 1.54) is 16.7 Å². The molecule has 0 saturated heterocycles. The fraction of sp³-hybridized carbons (Fsp3) is 0.368. The van der Waals surface area contributed by atoms with E-state index in [4.69, 9.17) is 4.74 Å². The number of nitrogens with one attached hydrogen (secondary N) is 2. The van der Waals surface area contributed by atoms with Gasteiger partial charge in [0, 0.05) is 26.0 Å². The van der Waals surface area contributed by atoms with E-state index in [0.29, 0.717) is 13.2 Å². The van der Waals surface area contributed by atoms with Gasteiger partial charge in [-0.15, -0.1) is 0 Å². The molecule has 0 atom stereocenters. The Balaban J connectivity index is 1.65. The number of benzene rings is 1. The van der Waals surface area contributed by atoms with E-state index in [9.17, 15) is 0 Å². The Bertz CT molecular complexity index is 653. The van der Waals surface area contributed by atoms with Crippen LogP contribution in [0.25, 0.3) is 0 Å². The monoisotopic (exact) mass is 326 g/mol. The summed E-state index contributed by atoms with van der Waals surface area (Å²) in [6, 6.07) is 10.1. The maximum absolute atomic E-state index is 5.69. The molecule has 0 aliphatic rings. The SMILES string of the molecule is CN=C(NCCOc1ccc(C)cc1)NCCc1ccncc1C. The van der Waals surface area contributed by atoms with Gasteiger partial charge in [-0.1, -0.05) is 17.7 Å². The van der Waals surface area contributed by atoms with Crippen molar-refractivity contribution in [3.05, 3.63) is 59.4 Å². The Labute approximate surface area is 144 Å². The highest BCUT2D eigenvalue weighted by atomic mass is 16.5. The van der Waals surface area contributed by atoms with E-state index >= 15 is 0 Å². The minimum absolute atomic E-state index is 0.590. The van der Waals surface area contributed by atoms with Gasteiger partial charge in [-0.25, -0.2) is 0 Å². The van der Waals surface area contributed by atoms with Gasteiger partial charge in [0.05, 0.1) is 6.54 Å². The molecule has 0 fully saturated rings. The fourth-order valence-corrected chi connectivity index (χ4v) is 2.29. The van der Waals surface area contributed by atoms with Crippen molar-refractivity contribution < 1.29 is 4.74 Å². The molecule has 2 aromatic rings. The number of guanidine groups is 1. The first-order chi connectivity index (χ1) is 11.7. The highest BCUT2D eigenvalue weighted by Gasteiger charge is 2.00. The largest absolute Gasteiger partial charge is 0.492 e. The number of aromatic nitrogens is 1. The van der Waals surface area contributed by atoms with Crippen molar-refractivity contribution in [1.29, 1.82) is 0 Å². The molecule has 0 saturated carbocycles. The summed E-state index contributed by atoms with van der Waals surface area (Å²) in [5, 5.41) is 6.57. The molecule has 2 N–H and O–H groups in total.